The molecule has 0 aliphatic rings. The number of Topliss-reactive ketones (excluding diaryl/α,β-unsaturated/α-hetero) is 1. The molecule has 1 atom stereocenters. The van der Waals surface area contributed by atoms with E-state index in [9.17, 15) is 19.5 Å². The number of hydrogen-bond acceptors (Lipinski definition) is 5. The predicted octanol–water partition coefficient (Wildman–Crippen LogP) is 6.71. The number of hydrogen-bond donors (Lipinski definition) is 2. The molecule has 33 heavy (non-hydrogen) atoms. The monoisotopic (exact) mass is 461 g/mol. The lowest BCUT2D eigenvalue weighted by Crippen LogP contribution is -2.35. The molecular formula is C27H43NO5. The van der Waals surface area contributed by atoms with Crippen molar-refractivity contribution in [2.45, 2.75) is 116 Å². The average Bonchev–Trinajstić information content (AvgIpc) is 2.80. The molecular weight excluding hydrogens is 418 g/mol. The maximum Gasteiger partial charge on any atom is 0.353 e. The summed E-state index contributed by atoms with van der Waals surface area (Å²) in [5, 5.41) is 9.29. The number of carboxylic acid groups (broad SMARTS) is 1. The molecule has 6 nitrogen and oxygen atoms in total. The fourth-order valence-electron chi connectivity index (χ4n) is 3.85. The van der Waals surface area contributed by atoms with Gasteiger partial charge in [0.25, 0.3) is 6.10 Å². The van der Waals surface area contributed by atoms with E-state index in [2.05, 4.69) is 6.92 Å². The molecule has 0 saturated carbocycles. The third kappa shape index (κ3) is 13.7. The average molecular weight is 462 g/mol. The van der Waals surface area contributed by atoms with Crippen molar-refractivity contribution in [2.75, 3.05) is 5.73 Å². The van der Waals surface area contributed by atoms with Crippen LogP contribution in [0.4, 0.5) is 5.69 Å². The van der Waals surface area contributed by atoms with Crippen molar-refractivity contribution in [2.24, 2.45) is 0 Å². The predicted molar refractivity (Wildman–Crippen MR) is 132 cm³/mol. The first-order chi connectivity index (χ1) is 16.0. The molecule has 1 rings (SSSR count). The van der Waals surface area contributed by atoms with Crippen LogP contribution in [0.1, 0.15) is 120 Å². The number of ether oxygens (including phenoxy) is 1. The second-order valence-electron chi connectivity index (χ2n) is 8.89. The van der Waals surface area contributed by atoms with Gasteiger partial charge >= 0.3 is 11.9 Å². The minimum atomic E-state index is -1.82. The van der Waals surface area contributed by atoms with E-state index >= 15 is 0 Å². The maximum atomic E-state index is 12.3. The zero-order valence-corrected chi connectivity index (χ0v) is 20.4. The molecule has 0 aliphatic heterocycles. The topological polar surface area (TPSA) is 107 Å². The number of unbranched alkanes of at least 4 members (excludes halogenated alkanes) is 14. The Morgan fingerprint density at radius 2 is 1.18 bits per heavy atom. The number of carbonyl (C=O) groups excluding carboxylic acids is 2. The van der Waals surface area contributed by atoms with Crippen LogP contribution in [0.3, 0.4) is 0 Å². The molecule has 0 bridgehead atoms. The molecule has 1 aromatic carbocycles. The Hall–Kier alpha value is -2.37. The standard InChI is InChI=1S/C27H43NO5/c1-2-3-4-5-6-7-8-9-10-11-12-13-14-15-16-17-24(29)33-26(27(31)32)25(30)22-18-20-23(28)21-19-22/h18-21,26H,2-17,28H2,1H3,(H,31,32). The van der Waals surface area contributed by atoms with Gasteiger partial charge < -0.3 is 15.6 Å². The highest BCUT2D eigenvalue weighted by molar-refractivity contribution is 6.11. The van der Waals surface area contributed by atoms with Crippen LogP contribution in [0.5, 0.6) is 0 Å². The van der Waals surface area contributed by atoms with Gasteiger partial charge in [0.15, 0.2) is 0 Å². The van der Waals surface area contributed by atoms with Gasteiger partial charge in [-0.15, -0.1) is 0 Å². The first-order valence-electron chi connectivity index (χ1n) is 12.8. The smallest absolute Gasteiger partial charge is 0.353 e. The number of aliphatic carboxylic acids is 1. The summed E-state index contributed by atoms with van der Waals surface area (Å²) in [6, 6.07) is 5.86. The van der Waals surface area contributed by atoms with Gasteiger partial charge in [0.05, 0.1) is 0 Å². The summed E-state index contributed by atoms with van der Waals surface area (Å²) < 4.78 is 4.96. The first kappa shape index (κ1) is 28.7. The number of anilines is 1. The summed E-state index contributed by atoms with van der Waals surface area (Å²) in [6.07, 6.45) is 16.7. The van der Waals surface area contributed by atoms with Gasteiger partial charge in [-0.2, -0.15) is 0 Å². The van der Waals surface area contributed by atoms with Gasteiger partial charge in [-0.05, 0) is 30.7 Å². The minimum absolute atomic E-state index is 0.122. The van der Waals surface area contributed by atoms with Crippen molar-refractivity contribution < 1.29 is 24.2 Å². The second-order valence-corrected chi connectivity index (χ2v) is 8.89. The minimum Gasteiger partial charge on any atom is -0.478 e. The Kier molecular flexibility index (Phi) is 15.7. The number of nitrogens with two attached hydrogens (primary N) is 1. The highest BCUT2D eigenvalue weighted by atomic mass is 16.6. The summed E-state index contributed by atoms with van der Waals surface area (Å²) in [6.45, 7) is 2.25. The van der Waals surface area contributed by atoms with E-state index < -0.39 is 23.8 Å². The number of nitrogen functional groups attached to an aromatic ring is 1. The largest absolute Gasteiger partial charge is 0.478 e. The number of benzene rings is 1. The van der Waals surface area contributed by atoms with Crippen molar-refractivity contribution in [3.63, 3.8) is 0 Å². The lowest BCUT2D eigenvalue weighted by Gasteiger charge is -2.13. The van der Waals surface area contributed by atoms with Gasteiger partial charge in [-0.25, -0.2) is 4.79 Å². The molecule has 6 heteroatoms. The Morgan fingerprint density at radius 1 is 0.758 bits per heavy atom. The Bertz CT molecular complexity index is 686. The SMILES string of the molecule is CCCCCCCCCCCCCCCCCC(=O)OC(C(=O)O)C(=O)c1ccc(N)cc1. The number of ketones is 1. The van der Waals surface area contributed by atoms with Crippen LogP contribution >= 0.6 is 0 Å². The van der Waals surface area contributed by atoms with E-state index in [-0.39, 0.29) is 12.0 Å². The van der Waals surface area contributed by atoms with Crippen LogP contribution < -0.4 is 5.73 Å². The number of carboxylic acids is 1. The molecule has 0 amide bonds. The second kappa shape index (κ2) is 18.1. The quantitative estimate of drug-likeness (QED) is 0.0734. The molecule has 1 aromatic rings. The van der Waals surface area contributed by atoms with E-state index in [0.29, 0.717) is 12.1 Å². The van der Waals surface area contributed by atoms with Crippen LogP contribution in [-0.2, 0) is 14.3 Å². The van der Waals surface area contributed by atoms with E-state index in [4.69, 9.17) is 10.5 Å². The van der Waals surface area contributed by atoms with Crippen LogP contribution in [-0.4, -0.2) is 28.9 Å². The third-order valence-electron chi connectivity index (χ3n) is 5.89. The van der Waals surface area contributed by atoms with Crippen molar-refractivity contribution in [3.8, 4) is 0 Å². The van der Waals surface area contributed by atoms with E-state index in [1.807, 2.05) is 0 Å². The van der Waals surface area contributed by atoms with Gasteiger partial charge in [0.1, 0.15) is 0 Å². The van der Waals surface area contributed by atoms with Crippen molar-refractivity contribution in [3.05, 3.63) is 29.8 Å². The van der Waals surface area contributed by atoms with Gasteiger partial charge in [0.2, 0.25) is 5.78 Å². The fourth-order valence-corrected chi connectivity index (χ4v) is 3.85. The highest BCUT2D eigenvalue weighted by Crippen LogP contribution is 2.15. The molecule has 0 radical (unpaired) electrons. The molecule has 0 spiro atoms. The maximum absolute atomic E-state index is 12.3. The molecule has 0 saturated heterocycles. The van der Waals surface area contributed by atoms with Gasteiger partial charge in [0, 0.05) is 17.7 Å². The number of rotatable bonds is 20. The van der Waals surface area contributed by atoms with Crippen molar-refractivity contribution in [1.82, 2.24) is 0 Å². The highest BCUT2D eigenvalue weighted by Gasteiger charge is 2.31. The first-order valence-corrected chi connectivity index (χ1v) is 12.8. The van der Waals surface area contributed by atoms with Crippen LogP contribution in [0.2, 0.25) is 0 Å². The van der Waals surface area contributed by atoms with Gasteiger partial charge in [-0.3, -0.25) is 9.59 Å². The van der Waals surface area contributed by atoms with Gasteiger partial charge in [-0.1, -0.05) is 96.8 Å². The summed E-state index contributed by atoms with van der Waals surface area (Å²) >= 11 is 0. The number of carbonyl (C=O) groups is 3. The van der Waals surface area contributed by atoms with Crippen LogP contribution in [0.15, 0.2) is 24.3 Å². The lowest BCUT2D eigenvalue weighted by atomic mass is 10.0. The molecule has 1 unspecified atom stereocenters. The summed E-state index contributed by atoms with van der Waals surface area (Å²) in [4.78, 5) is 35.8. The Balaban J connectivity index is 2.07. The summed E-state index contributed by atoms with van der Waals surface area (Å²) in [7, 11) is 0. The van der Waals surface area contributed by atoms with Crippen LogP contribution in [0.25, 0.3) is 0 Å². The molecule has 0 heterocycles. The summed E-state index contributed by atoms with van der Waals surface area (Å²) in [5.74, 6) is -2.88. The Morgan fingerprint density at radius 3 is 1.61 bits per heavy atom. The molecule has 186 valence electrons. The van der Waals surface area contributed by atoms with Crippen LogP contribution in [0, 0.1) is 0 Å². The fraction of sp³-hybridized carbons (Fsp3) is 0.667. The molecule has 3 N–H and O–H groups in total. The molecule has 0 fully saturated rings. The summed E-state index contributed by atoms with van der Waals surface area (Å²) in [5.41, 5.74) is 6.19. The molecule has 0 aliphatic carbocycles. The zero-order chi connectivity index (χ0) is 24.3. The van der Waals surface area contributed by atoms with E-state index in [1.165, 1.54) is 94.9 Å². The normalized spacial score (nSPS) is 11.8. The number of esters is 1. The Labute approximate surface area is 199 Å². The van der Waals surface area contributed by atoms with E-state index in [1.54, 1.807) is 0 Å². The van der Waals surface area contributed by atoms with Crippen molar-refractivity contribution in [1.29, 1.82) is 0 Å². The molecule has 0 aromatic heterocycles. The van der Waals surface area contributed by atoms with E-state index in [0.717, 1.165) is 19.3 Å². The lowest BCUT2D eigenvalue weighted by molar-refractivity contribution is -0.160. The zero-order valence-electron chi connectivity index (χ0n) is 20.4. The third-order valence-corrected chi connectivity index (χ3v) is 5.89. The van der Waals surface area contributed by atoms with Crippen molar-refractivity contribution >= 4 is 23.4 Å².